The Kier molecular flexibility index (Phi) is 3.62. The molecular weight excluding hydrogens is 291 g/mol. The number of fused-ring (bicyclic) bond motifs is 1. The van der Waals surface area contributed by atoms with E-state index in [0.29, 0.717) is 0 Å². The average Bonchev–Trinajstić information content (AvgIpc) is 2.90. The molecule has 3 rings (SSSR count). The monoisotopic (exact) mass is 304 g/mol. The second kappa shape index (κ2) is 5.57. The smallest absolute Gasteiger partial charge is 0.188 e. The highest BCUT2D eigenvalue weighted by atomic mass is 32.1. The maximum absolute atomic E-state index is 13.4. The van der Waals surface area contributed by atoms with Crippen LogP contribution < -0.4 is 14.8 Å². The third kappa shape index (κ3) is 2.75. The number of hydrogen-bond donors (Lipinski definition) is 1. The predicted molar refractivity (Wildman–Crippen MR) is 82.4 cm³/mol. The van der Waals surface area contributed by atoms with Crippen LogP contribution >= 0.6 is 11.3 Å². The largest absolute Gasteiger partial charge is 0.497 e. The summed E-state index contributed by atoms with van der Waals surface area (Å²) >= 11 is 1.50. The fraction of sp³-hybridized carbons (Fsp3) is 0.133. The number of ether oxygens (including phenoxy) is 2. The second-order valence-corrected chi connectivity index (χ2v) is 5.36. The zero-order chi connectivity index (χ0) is 14.8. The molecule has 1 heterocycles. The lowest BCUT2D eigenvalue weighted by molar-refractivity contribution is 0.387. The molecule has 3 aromatic rings. The SMILES string of the molecule is COc1ccc2nc(Nc3ccc(F)c(OC)c3)sc2c1. The molecule has 1 aromatic heterocycles. The normalized spacial score (nSPS) is 10.6. The predicted octanol–water partition coefficient (Wildman–Crippen LogP) is 4.20. The molecule has 0 aliphatic heterocycles. The van der Waals surface area contributed by atoms with Crippen molar-refractivity contribution in [2.24, 2.45) is 0 Å². The summed E-state index contributed by atoms with van der Waals surface area (Å²) in [6.45, 7) is 0. The zero-order valence-corrected chi connectivity index (χ0v) is 12.3. The minimum absolute atomic E-state index is 0.197. The highest BCUT2D eigenvalue weighted by Gasteiger charge is 2.08. The Bertz CT molecular complexity index is 788. The third-order valence-electron chi connectivity index (χ3n) is 3.00. The van der Waals surface area contributed by atoms with Crippen LogP contribution in [0, 0.1) is 5.82 Å². The van der Waals surface area contributed by atoms with Crippen molar-refractivity contribution in [1.82, 2.24) is 4.98 Å². The van der Waals surface area contributed by atoms with E-state index in [-0.39, 0.29) is 5.75 Å². The molecule has 0 saturated carbocycles. The van der Waals surface area contributed by atoms with E-state index >= 15 is 0 Å². The molecule has 1 N–H and O–H groups in total. The van der Waals surface area contributed by atoms with Crippen LogP contribution in [0.4, 0.5) is 15.2 Å². The van der Waals surface area contributed by atoms with Crippen molar-refractivity contribution in [1.29, 1.82) is 0 Å². The topological polar surface area (TPSA) is 43.4 Å². The molecule has 0 unspecified atom stereocenters. The molecule has 0 spiro atoms. The van der Waals surface area contributed by atoms with E-state index in [2.05, 4.69) is 10.3 Å². The Balaban J connectivity index is 1.90. The molecule has 0 bridgehead atoms. The first kappa shape index (κ1) is 13.6. The molecule has 21 heavy (non-hydrogen) atoms. The Labute approximate surface area is 125 Å². The van der Waals surface area contributed by atoms with Gasteiger partial charge in [0.15, 0.2) is 16.7 Å². The average molecular weight is 304 g/mol. The lowest BCUT2D eigenvalue weighted by Crippen LogP contribution is -1.92. The summed E-state index contributed by atoms with van der Waals surface area (Å²) in [5, 5.41) is 3.88. The van der Waals surface area contributed by atoms with Crippen molar-refractivity contribution < 1.29 is 13.9 Å². The van der Waals surface area contributed by atoms with Gasteiger partial charge in [-0.15, -0.1) is 0 Å². The molecule has 4 nitrogen and oxygen atoms in total. The number of thiazole rings is 1. The Hall–Kier alpha value is -2.34. The highest BCUT2D eigenvalue weighted by molar-refractivity contribution is 7.22. The summed E-state index contributed by atoms with van der Waals surface area (Å²) in [5.41, 5.74) is 1.61. The first-order valence-corrected chi connectivity index (χ1v) is 7.06. The van der Waals surface area contributed by atoms with E-state index in [0.717, 1.165) is 26.8 Å². The van der Waals surface area contributed by atoms with Crippen LogP contribution in [0.15, 0.2) is 36.4 Å². The minimum Gasteiger partial charge on any atom is -0.497 e. The van der Waals surface area contributed by atoms with Gasteiger partial charge in [-0.1, -0.05) is 11.3 Å². The van der Waals surface area contributed by atoms with Gasteiger partial charge in [-0.25, -0.2) is 9.37 Å². The number of hydrogen-bond acceptors (Lipinski definition) is 5. The number of nitrogens with one attached hydrogen (secondary N) is 1. The fourth-order valence-electron chi connectivity index (χ4n) is 1.95. The quantitative estimate of drug-likeness (QED) is 0.784. The number of methoxy groups -OCH3 is 2. The van der Waals surface area contributed by atoms with E-state index in [1.165, 1.54) is 24.5 Å². The molecule has 0 fully saturated rings. The van der Waals surface area contributed by atoms with Crippen molar-refractivity contribution in [3.8, 4) is 11.5 Å². The Morgan fingerprint density at radius 1 is 1.10 bits per heavy atom. The van der Waals surface area contributed by atoms with Gasteiger partial charge < -0.3 is 14.8 Å². The van der Waals surface area contributed by atoms with Crippen molar-refractivity contribution in [3.63, 3.8) is 0 Å². The molecule has 0 radical (unpaired) electrons. The summed E-state index contributed by atoms with van der Waals surface area (Å²) in [4.78, 5) is 4.48. The van der Waals surface area contributed by atoms with Crippen molar-refractivity contribution in [2.45, 2.75) is 0 Å². The van der Waals surface area contributed by atoms with Crippen molar-refractivity contribution >= 4 is 32.4 Å². The minimum atomic E-state index is -0.392. The van der Waals surface area contributed by atoms with Gasteiger partial charge in [-0.3, -0.25) is 0 Å². The number of benzene rings is 2. The maximum Gasteiger partial charge on any atom is 0.188 e. The first-order valence-electron chi connectivity index (χ1n) is 6.25. The van der Waals surface area contributed by atoms with Crippen LogP contribution in [-0.2, 0) is 0 Å². The third-order valence-corrected chi connectivity index (χ3v) is 3.93. The van der Waals surface area contributed by atoms with Crippen LogP contribution in [-0.4, -0.2) is 19.2 Å². The van der Waals surface area contributed by atoms with Gasteiger partial charge in [0.25, 0.3) is 0 Å². The Morgan fingerprint density at radius 3 is 2.71 bits per heavy atom. The fourth-order valence-corrected chi connectivity index (χ4v) is 2.86. The van der Waals surface area contributed by atoms with E-state index < -0.39 is 5.82 Å². The highest BCUT2D eigenvalue weighted by Crippen LogP contribution is 2.32. The molecule has 2 aromatic carbocycles. The summed E-state index contributed by atoms with van der Waals surface area (Å²) < 4.78 is 24.6. The maximum atomic E-state index is 13.4. The summed E-state index contributed by atoms with van der Waals surface area (Å²) in [6, 6.07) is 10.3. The number of halogens is 1. The van der Waals surface area contributed by atoms with Gasteiger partial charge in [0, 0.05) is 11.8 Å². The lowest BCUT2D eigenvalue weighted by atomic mass is 10.3. The molecule has 0 atom stereocenters. The summed E-state index contributed by atoms with van der Waals surface area (Å²) in [6.07, 6.45) is 0. The molecular formula is C15H13FN2O2S. The molecule has 0 aliphatic carbocycles. The van der Waals surface area contributed by atoms with Crippen molar-refractivity contribution in [3.05, 3.63) is 42.2 Å². The number of anilines is 2. The Morgan fingerprint density at radius 2 is 1.95 bits per heavy atom. The van der Waals surface area contributed by atoms with Gasteiger partial charge in [0.2, 0.25) is 0 Å². The van der Waals surface area contributed by atoms with E-state index in [4.69, 9.17) is 9.47 Å². The molecule has 0 aliphatic rings. The van der Waals surface area contributed by atoms with Crippen LogP contribution in [0.25, 0.3) is 10.2 Å². The van der Waals surface area contributed by atoms with Crippen LogP contribution in [0.3, 0.4) is 0 Å². The molecule has 6 heteroatoms. The van der Waals surface area contributed by atoms with Crippen LogP contribution in [0.5, 0.6) is 11.5 Å². The van der Waals surface area contributed by atoms with Gasteiger partial charge >= 0.3 is 0 Å². The van der Waals surface area contributed by atoms with Crippen LogP contribution in [0.2, 0.25) is 0 Å². The van der Waals surface area contributed by atoms with Gasteiger partial charge in [0.1, 0.15) is 5.75 Å². The number of rotatable bonds is 4. The molecule has 0 saturated heterocycles. The zero-order valence-electron chi connectivity index (χ0n) is 11.5. The number of aromatic nitrogens is 1. The molecule has 108 valence electrons. The van der Waals surface area contributed by atoms with E-state index in [9.17, 15) is 4.39 Å². The second-order valence-electron chi connectivity index (χ2n) is 4.33. The van der Waals surface area contributed by atoms with Gasteiger partial charge in [0.05, 0.1) is 24.4 Å². The van der Waals surface area contributed by atoms with Crippen LogP contribution in [0.1, 0.15) is 0 Å². The standard InChI is InChI=1S/C15H13FN2O2S/c1-19-10-4-6-12-14(8-10)21-15(18-12)17-9-3-5-11(16)13(7-9)20-2/h3-8H,1-2H3,(H,17,18). The summed E-state index contributed by atoms with van der Waals surface area (Å²) in [5.74, 6) is 0.598. The van der Waals surface area contributed by atoms with Crippen molar-refractivity contribution in [2.75, 3.05) is 19.5 Å². The summed E-state index contributed by atoms with van der Waals surface area (Å²) in [7, 11) is 3.07. The number of nitrogens with zero attached hydrogens (tertiary/aromatic N) is 1. The molecule has 0 amide bonds. The van der Waals surface area contributed by atoms with Gasteiger partial charge in [-0.2, -0.15) is 0 Å². The first-order chi connectivity index (χ1) is 10.2. The van der Waals surface area contributed by atoms with E-state index in [1.54, 1.807) is 19.2 Å². The lowest BCUT2D eigenvalue weighted by Gasteiger charge is -2.06. The van der Waals surface area contributed by atoms with Gasteiger partial charge in [-0.05, 0) is 30.3 Å². The van der Waals surface area contributed by atoms with E-state index in [1.807, 2.05) is 18.2 Å².